The summed E-state index contributed by atoms with van der Waals surface area (Å²) in [5.74, 6) is 0.833. The lowest BCUT2D eigenvalue weighted by Crippen LogP contribution is -2.36. The molecule has 3 heterocycles. The van der Waals surface area contributed by atoms with Crippen molar-refractivity contribution in [2.75, 3.05) is 38.3 Å². The molecule has 1 aliphatic heterocycles. The molecule has 9 nitrogen and oxygen atoms in total. The van der Waals surface area contributed by atoms with Gasteiger partial charge in [0.05, 0.1) is 30.9 Å². The predicted octanol–water partition coefficient (Wildman–Crippen LogP) is 3.30. The highest BCUT2D eigenvalue weighted by atomic mass is 16.6. The van der Waals surface area contributed by atoms with Crippen molar-refractivity contribution in [3.8, 4) is 22.8 Å². The monoisotopic (exact) mass is 409 g/mol. The van der Waals surface area contributed by atoms with Gasteiger partial charge in [0.25, 0.3) is 0 Å². The molecule has 1 aromatic carbocycles. The van der Waals surface area contributed by atoms with Crippen LogP contribution in [-0.2, 0) is 4.74 Å². The molecule has 2 aromatic heterocycles. The number of methoxy groups -OCH3 is 1. The summed E-state index contributed by atoms with van der Waals surface area (Å²) < 4.78 is 12.6. The Balaban J connectivity index is 1.96. The predicted molar refractivity (Wildman–Crippen MR) is 113 cm³/mol. The van der Waals surface area contributed by atoms with Crippen molar-refractivity contribution in [1.82, 2.24) is 14.5 Å². The summed E-state index contributed by atoms with van der Waals surface area (Å²) >= 11 is 0. The first-order valence-electron chi connectivity index (χ1n) is 9.66. The summed E-state index contributed by atoms with van der Waals surface area (Å²) in [6, 6.07) is 5.41. The largest absolute Gasteiger partial charge is 0.490 e. The van der Waals surface area contributed by atoms with Crippen molar-refractivity contribution in [2.45, 2.75) is 13.8 Å². The number of hydrogen-bond donors (Lipinski definition) is 0. The number of benzene rings is 1. The Morgan fingerprint density at radius 3 is 2.67 bits per heavy atom. The molecule has 1 saturated heterocycles. The van der Waals surface area contributed by atoms with E-state index in [0.717, 1.165) is 22.5 Å². The summed E-state index contributed by atoms with van der Waals surface area (Å²) in [5, 5.41) is 12.0. The molecule has 0 spiro atoms. The molecule has 156 valence electrons. The zero-order chi connectivity index (χ0) is 21.3. The van der Waals surface area contributed by atoms with Gasteiger partial charge in [-0.15, -0.1) is 0 Å². The lowest BCUT2D eigenvalue weighted by Gasteiger charge is -2.29. The molecule has 0 bridgehead atoms. The van der Waals surface area contributed by atoms with Crippen LogP contribution in [0.4, 0.5) is 11.4 Å². The summed E-state index contributed by atoms with van der Waals surface area (Å²) in [4.78, 5) is 22.6. The first-order chi connectivity index (χ1) is 14.5. The van der Waals surface area contributed by atoms with Crippen LogP contribution in [0.1, 0.15) is 11.3 Å². The second kappa shape index (κ2) is 8.11. The van der Waals surface area contributed by atoms with Crippen molar-refractivity contribution < 1.29 is 14.4 Å². The van der Waals surface area contributed by atoms with Crippen LogP contribution in [0.3, 0.4) is 0 Å². The maximum absolute atomic E-state index is 12.0. The Morgan fingerprint density at radius 2 is 2.00 bits per heavy atom. The highest BCUT2D eigenvalue weighted by Crippen LogP contribution is 2.40. The number of imidazole rings is 1. The number of hydrogen-bond acceptors (Lipinski definition) is 7. The fraction of sp³-hybridized carbons (Fsp3) is 0.333. The number of nitrogens with zero attached hydrogens (tertiary/aromatic N) is 5. The summed E-state index contributed by atoms with van der Waals surface area (Å²) in [6.07, 6.45) is 5.25. The third kappa shape index (κ3) is 3.59. The maximum atomic E-state index is 12.0. The number of rotatable bonds is 5. The number of aromatic nitrogens is 3. The fourth-order valence-corrected chi connectivity index (χ4v) is 3.70. The van der Waals surface area contributed by atoms with E-state index in [2.05, 4.69) is 14.9 Å². The minimum absolute atomic E-state index is 0.0973. The molecular formula is C21H23N5O4. The number of nitro groups is 1. The number of pyridine rings is 1. The van der Waals surface area contributed by atoms with E-state index in [9.17, 15) is 10.1 Å². The minimum atomic E-state index is -0.407. The van der Waals surface area contributed by atoms with Gasteiger partial charge < -0.3 is 14.4 Å². The van der Waals surface area contributed by atoms with E-state index in [-0.39, 0.29) is 11.4 Å². The van der Waals surface area contributed by atoms with Crippen molar-refractivity contribution in [2.24, 2.45) is 0 Å². The molecule has 3 aromatic rings. The van der Waals surface area contributed by atoms with Crippen molar-refractivity contribution in [1.29, 1.82) is 0 Å². The number of nitro benzene ring substituents is 1. The number of morpholine rings is 1. The van der Waals surface area contributed by atoms with Crippen LogP contribution in [0, 0.1) is 24.0 Å². The molecule has 4 rings (SSSR count). The Kier molecular flexibility index (Phi) is 5.37. The molecule has 0 amide bonds. The van der Waals surface area contributed by atoms with Gasteiger partial charge >= 0.3 is 5.69 Å². The van der Waals surface area contributed by atoms with Crippen LogP contribution < -0.4 is 9.64 Å². The van der Waals surface area contributed by atoms with Gasteiger partial charge in [-0.25, -0.2) is 4.98 Å². The van der Waals surface area contributed by atoms with Gasteiger partial charge in [-0.1, -0.05) is 0 Å². The van der Waals surface area contributed by atoms with Gasteiger partial charge in [-0.05, 0) is 31.5 Å². The van der Waals surface area contributed by atoms with Gasteiger partial charge in [0.15, 0.2) is 0 Å². The van der Waals surface area contributed by atoms with Crippen molar-refractivity contribution in [3.05, 3.63) is 58.2 Å². The van der Waals surface area contributed by atoms with E-state index in [1.807, 2.05) is 26.0 Å². The number of aryl methyl sites for hydroxylation is 2. The van der Waals surface area contributed by atoms with E-state index in [4.69, 9.17) is 9.47 Å². The van der Waals surface area contributed by atoms with Gasteiger partial charge in [0.1, 0.15) is 11.5 Å². The SMILES string of the molecule is COc1cc(N2CCOCC2)cc(-n2cc(C)nc2-c2ccncc2C)c1[N+](=O)[O-]. The normalized spacial score (nSPS) is 14.0. The standard InChI is InChI=1S/C21H23N5O4/c1-14-12-22-5-4-17(14)21-23-15(2)13-25(21)18-10-16(24-6-8-30-9-7-24)11-19(29-3)20(18)26(27)28/h4-5,10-13H,6-9H2,1-3H3. The average molecular weight is 409 g/mol. The van der Waals surface area contributed by atoms with Gasteiger partial charge in [0, 0.05) is 49.0 Å². The Labute approximate surface area is 174 Å². The topological polar surface area (TPSA) is 95.6 Å². The molecule has 0 atom stereocenters. The van der Waals surface area contributed by atoms with E-state index in [1.165, 1.54) is 7.11 Å². The van der Waals surface area contributed by atoms with Crippen LogP contribution >= 0.6 is 0 Å². The zero-order valence-corrected chi connectivity index (χ0v) is 17.2. The summed E-state index contributed by atoms with van der Waals surface area (Å²) in [5.41, 5.74) is 3.71. The molecule has 0 N–H and O–H groups in total. The molecule has 0 saturated carbocycles. The average Bonchev–Trinajstić information content (AvgIpc) is 3.14. The summed E-state index contributed by atoms with van der Waals surface area (Å²) in [7, 11) is 1.45. The van der Waals surface area contributed by atoms with Crippen molar-refractivity contribution >= 4 is 11.4 Å². The van der Waals surface area contributed by atoms with Crippen LogP contribution in [0.25, 0.3) is 17.1 Å². The van der Waals surface area contributed by atoms with E-state index in [0.29, 0.717) is 37.8 Å². The van der Waals surface area contributed by atoms with Crippen LogP contribution in [0.2, 0.25) is 0 Å². The third-order valence-corrected chi connectivity index (χ3v) is 5.17. The highest BCUT2D eigenvalue weighted by molar-refractivity contribution is 5.73. The smallest absolute Gasteiger partial charge is 0.334 e. The van der Waals surface area contributed by atoms with Gasteiger partial charge in [0.2, 0.25) is 5.75 Å². The van der Waals surface area contributed by atoms with E-state index in [1.54, 1.807) is 29.2 Å². The second-order valence-corrected chi connectivity index (χ2v) is 7.14. The van der Waals surface area contributed by atoms with Gasteiger partial charge in [-0.2, -0.15) is 0 Å². The Hall–Kier alpha value is -3.46. The number of ether oxygens (including phenoxy) is 2. The minimum Gasteiger partial charge on any atom is -0.490 e. The van der Waals surface area contributed by atoms with E-state index < -0.39 is 4.92 Å². The fourth-order valence-electron chi connectivity index (χ4n) is 3.70. The van der Waals surface area contributed by atoms with Crippen LogP contribution in [0.5, 0.6) is 5.75 Å². The molecule has 0 radical (unpaired) electrons. The summed E-state index contributed by atoms with van der Waals surface area (Å²) in [6.45, 7) is 6.45. The Morgan fingerprint density at radius 1 is 1.23 bits per heavy atom. The number of anilines is 1. The zero-order valence-electron chi connectivity index (χ0n) is 17.2. The molecular weight excluding hydrogens is 386 g/mol. The molecule has 0 aliphatic carbocycles. The first-order valence-corrected chi connectivity index (χ1v) is 9.66. The molecule has 30 heavy (non-hydrogen) atoms. The molecule has 1 aliphatic rings. The van der Waals surface area contributed by atoms with E-state index >= 15 is 0 Å². The molecule has 1 fully saturated rings. The lowest BCUT2D eigenvalue weighted by atomic mass is 10.1. The second-order valence-electron chi connectivity index (χ2n) is 7.14. The third-order valence-electron chi connectivity index (χ3n) is 5.17. The van der Waals surface area contributed by atoms with Crippen LogP contribution in [0.15, 0.2) is 36.8 Å². The molecule has 0 unspecified atom stereocenters. The van der Waals surface area contributed by atoms with Crippen molar-refractivity contribution in [3.63, 3.8) is 0 Å². The highest BCUT2D eigenvalue weighted by Gasteiger charge is 2.28. The lowest BCUT2D eigenvalue weighted by molar-refractivity contribution is -0.385. The molecule has 9 heteroatoms. The quantitative estimate of drug-likeness (QED) is 0.471. The Bertz CT molecular complexity index is 1090. The van der Waals surface area contributed by atoms with Gasteiger partial charge in [-0.3, -0.25) is 19.7 Å². The first kappa shape index (κ1) is 19.8. The van der Waals surface area contributed by atoms with Crippen LogP contribution in [-0.4, -0.2) is 52.9 Å². The maximum Gasteiger partial charge on any atom is 0.334 e.